The number of nitrogens with one attached hydrogen (secondary N) is 1. The van der Waals surface area contributed by atoms with E-state index in [2.05, 4.69) is 22.7 Å². The summed E-state index contributed by atoms with van der Waals surface area (Å²) >= 11 is 0. The van der Waals surface area contributed by atoms with Crippen LogP contribution in [0.4, 0.5) is 4.79 Å². The van der Waals surface area contributed by atoms with Crippen LogP contribution in [0.2, 0.25) is 0 Å². The van der Waals surface area contributed by atoms with Crippen molar-refractivity contribution in [1.29, 1.82) is 0 Å². The number of hydrogen-bond donors (Lipinski definition) is 1. The number of nitrogens with zero attached hydrogens (tertiary/aromatic N) is 2. The van der Waals surface area contributed by atoms with Crippen LogP contribution in [0.15, 0.2) is 18.3 Å². The van der Waals surface area contributed by atoms with Crippen molar-refractivity contribution in [3.05, 3.63) is 29.6 Å². The standard InChI is InChI=1S/C22H35N3O3S/c1-19(2,3)28-18(26)25-13-10-22(11-14-25)15-17-16(9-8-12-23-17)21(22,7)24-29(27)20(4,5)6/h8-9,12,24H,10-11,13-15H2,1-7H3. The van der Waals surface area contributed by atoms with E-state index in [1.165, 1.54) is 0 Å². The van der Waals surface area contributed by atoms with Crippen LogP contribution >= 0.6 is 0 Å². The van der Waals surface area contributed by atoms with Gasteiger partial charge >= 0.3 is 6.09 Å². The number of amides is 1. The van der Waals surface area contributed by atoms with E-state index >= 15 is 0 Å². The highest BCUT2D eigenvalue weighted by molar-refractivity contribution is 7.84. The second-order valence-corrected chi connectivity index (χ2v) is 12.5. The predicted molar refractivity (Wildman–Crippen MR) is 116 cm³/mol. The Morgan fingerprint density at radius 1 is 1.21 bits per heavy atom. The first-order valence-electron chi connectivity index (χ1n) is 10.4. The van der Waals surface area contributed by atoms with Crippen LogP contribution in [0.3, 0.4) is 0 Å². The van der Waals surface area contributed by atoms with Gasteiger partial charge in [0.1, 0.15) is 5.60 Å². The van der Waals surface area contributed by atoms with Gasteiger partial charge in [-0.2, -0.15) is 0 Å². The van der Waals surface area contributed by atoms with Gasteiger partial charge in [0.25, 0.3) is 0 Å². The third-order valence-corrected chi connectivity index (χ3v) is 7.93. The molecule has 1 aliphatic carbocycles. The molecule has 1 spiro atoms. The molecule has 0 aromatic carbocycles. The van der Waals surface area contributed by atoms with Gasteiger partial charge in [0, 0.05) is 30.4 Å². The molecule has 7 heteroatoms. The van der Waals surface area contributed by atoms with Crippen LogP contribution in [-0.2, 0) is 27.7 Å². The number of piperidine rings is 1. The van der Waals surface area contributed by atoms with Crippen LogP contribution in [0.5, 0.6) is 0 Å². The van der Waals surface area contributed by atoms with Crippen LogP contribution < -0.4 is 4.72 Å². The van der Waals surface area contributed by atoms with E-state index < -0.39 is 22.1 Å². The van der Waals surface area contributed by atoms with Crippen molar-refractivity contribution in [2.75, 3.05) is 13.1 Å². The lowest BCUT2D eigenvalue weighted by molar-refractivity contribution is -0.00309. The van der Waals surface area contributed by atoms with Gasteiger partial charge in [-0.1, -0.05) is 6.07 Å². The molecular weight excluding hydrogens is 386 g/mol. The third kappa shape index (κ3) is 4.22. The molecule has 0 saturated carbocycles. The number of hydrogen-bond acceptors (Lipinski definition) is 4. The molecule has 3 rings (SSSR count). The first-order chi connectivity index (χ1) is 13.3. The summed E-state index contributed by atoms with van der Waals surface area (Å²) in [5.74, 6) is 0. The maximum atomic E-state index is 13.1. The van der Waals surface area contributed by atoms with Gasteiger partial charge in [-0.25, -0.2) is 13.7 Å². The largest absolute Gasteiger partial charge is 0.444 e. The van der Waals surface area contributed by atoms with Gasteiger partial charge < -0.3 is 9.64 Å². The van der Waals surface area contributed by atoms with Crippen LogP contribution in [0.25, 0.3) is 0 Å². The Kier molecular flexibility index (Phi) is 5.63. The second kappa shape index (κ2) is 7.34. The molecule has 1 aromatic rings. The average Bonchev–Trinajstić information content (AvgIpc) is 2.82. The van der Waals surface area contributed by atoms with Gasteiger partial charge in [-0.3, -0.25) is 4.98 Å². The highest BCUT2D eigenvalue weighted by Crippen LogP contribution is 2.55. The molecule has 1 N–H and O–H groups in total. The first kappa shape index (κ1) is 22.2. The minimum absolute atomic E-state index is 0.136. The Balaban J connectivity index is 1.87. The zero-order chi connectivity index (χ0) is 21.7. The van der Waals surface area contributed by atoms with E-state index in [4.69, 9.17) is 4.74 Å². The third-order valence-electron chi connectivity index (χ3n) is 6.22. The lowest BCUT2D eigenvalue weighted by Gasteiger charge is -2.49. The molecule has 162 valence electrons. The fourth-order valence-corrected chi connectivity index (χ4v) is 5.44. The van der Waals surface area contributed by atoms with Crippen LogP contribution in [0.1, 0.15) is 72.6 Å². The molecule has 1 amide bonds. The van der Waals surface area contributed by atoms with Crippen molar-refractivity contribution in [3.63, 3.8) is 0 Å². The van der Waals surface area contributed by atoms with Crippen molar-refractivity contribution < 1.29 is 13.7 Å². The minimum atomic E-state index is -1.22. The molecule has 29 heavy (non-hydrogen) atoms. The summed E-state index contributed by atoms with van der Waals surface area (Å²) in [4.78, 5) is 19.0. The van der Waals surface area contributed by atoms with Crippen molar-refractivity contribution >= 4 is 17.1 Å². The molecule has 2 aliphatic rings. The molecule has 1 aromatic heterocycles. The summed E-state index contributed by atoms with van der Waals surface area (Å²) in [5.41, 5.74) is 1.10. The molecule has 2 heterocycles. The van der Waals surface area contributed by atoms with E-state index in [1.807, 2.05) is 53.8 Å². The van der Waals surface area contributed by atoms with Crippen LogP contribution in [0, 0.1) is 5.41 Å². The average molecular weight is 422 g/mol. The predicted octanol–water partition coefficient (Wildman–Crippen LogP) is 3.92. The molecule has 6 nitrogen and oxygen atoms in total. The Hall–Kier alpha value is -1.47. The second-order valence-electron chi connectivity index (χ2n) is 10.5. The minimum Gasteiger partial charge on any atom is -0.444 e. The number of ether oxygens (including phenoxy) is 1. The normalized spacial score (nSPS) is 25.0. The van der Waals surface area contributed by atoms with Crippen LogP contribution in [-0.4, -0.2) is 43.6 Å². The number of rotatable bonds is 2. The summed E-state index contributed by atoms with van der Waals surface area (Å²) in [6, 6.07) is 4.05. The van der Waals surface area contributed by atoms with Crippen molar-refractivity contribution in [2.45, 2.75) is 83.6 Å². The summed E-state index contributed by atoms with van der Waals surface area (Å²) in [7, 11) is -1.22. The number of carbonyl (C=O) groups excluding carboxylic acids is 1. The fraction of sp³-hybridized carbons (Fsp3) is 0.727. The van der Waals surface area contributed by atoms with Crippen molar-refractivity contribution in [2.24, 2.45) is 5.41 Å². The first-order valence-corrected chi connectivity index (χ1v) is 11.5. The molecule has 1 saturated heterocycles. The van der Waals surface area contributed by atoms with E-state index in [0.717, 1.165) is 30.5 Å². The summed E-state index contributed by atoms with van der Waals surface area (Å²) < 4.78 is 21.8. The number of aromatic nitrogens is 1. The summed E-state index contributed by atoms with van der Waals surface area (Å²) in [5, 5.41) is 0. The maximum Gasteiger partial charge on any atom is 0.410 e. The zero-order valence-corrected chi connectivity index (χ0v) is 19.6. The van der Waals surface area contributed by atoms with Gasteiger partial charge in [0.2, 0.25) is 0 Å². The van der Waals surface area contributed by atoms with Crippen molar-refractivity contribution in [1.82, 2.24) is 14.6 Å². The Morgan fingerprint density at radius 2 is 1.83 bits per heavy atom. The Morgan fingerprint density at radius 3 is 2.38 bits per heavy atom. The molecule has 1 fully saturated rings. The van der Waals surface area contributed by atoms with Crippen molar-refractivity contribution in [3.8, 4) is 0 Å². The monoisotopic (exact) mass is 421 g/mol. The molecule has 2 atom stereocenters. The Labute approximate surface area is 177 Å². The maximum absolute atomic E-state index is 13.1. The zero-order valence-electron chi connectivity index (χ0n) is 18.8. The highest BCUT2D eigenvalue weighted by atomic mass is 32.2. The lowest BCUT2D eigenvalue weighted by atomic mass is 9.65. The molecule has 0 radical (unpaired) electrons. The lowest BCUT2D eigenvalue weighted by Crippen LogP contribution is -2.58. The fourth-order valence-electron chi connectivity index (χ4n) is 4.44. The molecule has 0 bridgehead atoms. The van der Waals surface area contributed by atoms with Gasteiger partial charge in [-0.05, 0) is 79.4 Å². The molecular formula is C22H35N3O3S. The summed E-state index contributed by atoms with van der Waals surface area (Å²) in [6.07, 6.45) is 4.03. The smallest absolute Gasteiger partial charge is 0.410 e. The highest BCUT2D eigenvalue weighted by Gasteiger charge is 2.57. The van der Waals surface area contributed by atoms with Gasteiger partial charge in [0.05, 0.1) is 21.3 Å². The molecule has 2 unspecified atom stereocenters. The van der Waals surface area contributed by atoms with E-state index in [-0.39, 0.29) is 16.3 Å². The Bertz CT molecular complexity index is 804. The number of fused-ring (bicyclic) bond motifs is 1. The SMILES string of the molecule is CC(C)(C)OC(=O)N1CCC2(CC1)Cc1ncccc1C2(C)NS(=O)C(C)(C)C. The topological polar surface area (TPSA) is 71.5 Å². The van der Waals surface area contributed by atoms with E-state index in [1.54, 1.807) is 4.90 Å². The van der Waals surface area contributed by atoms with E-state index in [9.17, 15) is 9.00 Å². The quantitative estimate of drug-likeness (QED) is 0.786. The van der Waals surface area contributed by atoms with E-state index in [0.29, 0.717) is 13.1 Å². The van der Waals surface area contributed by atoms with Gasteiger partial charge in [-0.15, -0.1) is 0 Å². The summed E-state index contributed by atoms with van der Waals surface area (Å²) in [6.45, 7) is 15.0. The molecule has 1 aliphatic heterocycles. The van der Waals surface area contributed by atoms with Gasteiger partial charge in [0.15, 0.2) is 0 Å². The number of carbonyl (C=O) groups is 1. The number of likely N-dealkylation sites (tertiary alicyclic amines) is 1. The number of pyridine rings is 1.